The van der Waals surface area contributed by atoms with Crippen molar-refractivity contribution in [2.75, 3.05) is 11.5 Å². The molecule has 4 heteroatoms. The molecule has 0 aromatic heterocycles. The molecule has 3 nitrogen and oxygen atoms in total. The molecule has 0 aliphatic rings. The van der Waals surface area contributed by atoms with E-state index in [2.05, 4.69) is 12.2 Å². The summed E-state index contributed by atoms with van der Waals surface area (Å²) in [7, 11) is 0. The Morgan fingerprint density at radius 2 is 2.14 bits per heavy atom. The van der Waals surface area contributed by atoms with Crippen LogP contribution in [0.3, 0.4) is 0 Å². The van der Waals surface area contributed by atoms with E-state index in [0.717, 1.165) is 24.3 Å². The van der Waals surface area contributed by atoms with Gasteiger partial charge in [-0.3, -0.25) is 4.79 Å². The van der Waals surface area contributed by atoms with Crippen molar-refractivity contribution in [1.82, 2.24) is 5.32 Å². The van der Waals surface area contributed by atoms with E-state index in [1.165, 1.54) is 0 Å². The van der Waals surface area contributed by atoms with Crippen LogP contribution < -0.4 is 11.1 Å². The highest BCUT2D eigenvalue weighted by molar-refractivity contribution is 7.99. The quantitative estimate of drug-likeness (QED) is 0.678. The minimum Gasteiger partial charge on any atom is -0.351 e. The average molecular weight is 218 g/mol. The topological polar surface area (TPSA) is 55.1 Å². The van der Waals surface area contributed by atoms with Crippen molar-refractivity contribution < 1.29 is 4.79 Å². The van der Waals surface area contributed by atoms with E-state index in [-0.39, 0.29) is 18.0 Å². The summed E-state index contributed by atoms with van der Waals surface area (Å²) in [4.78, 5) is 11.5. The zero-order chi connectivity index (χ0) is 11.0. The third-order valence-corrected chi connectivity index (χ3v) is 3.04. The van der Waals surface area contributed by atoms with E-state index >= 15 is 0 Å². The van der Waals surface area contributed by atoms with Gasteiger partial charge >= 0.3 is 0 Å². The fourth-order valence-corrected chi connectivity index (χ4v) is 1.80. The molecule has 14 heavy (non-hydrogen) atoms. The minimum atomic E-state index is -0.339. The van der Waals surface area contributed by atoms with Gasteiger partial charge < -0.3 is 11.1 Å². The van der Waals surface area contributed by atoms with Gasteiger partial charge in [0.15, 0.2) is 0 Å². The van der Waals surface area contributed by atoms with Gasteiger partial charge in [0.1, 0.15) is 0 Å². The Balaban J connectivity index is 3.69. The van der Waals surface area contributed by atoms with Gasteiger partial charge in [-0.25, -0.2) is 0 Å². The predicted molar refractivity (Wildman–Crippen MR) is 63.5 cm³/mol. The zero-order valence-electron chi connectivity index (χ0n) is 9.38. The largest absolute Gasteiger partial charge is 0.351 e. The summed E-state index contributed by atoms with van der Waals surface area (Å²) in [6.07, 6.45) is 1.71. The third kappa shape index (κ3) is 6.27. The Labute approximate surface area is 91.2 Å². The molecule has 0 heterocycles. The smallest absolute Gasteiger partial charge is 0.237 e. The highest BCUT2D eigenvalue weighted by Gasteiger charge is 2.14. The number of nitrogens with two attached hydrogens (primary N) is 1. The molecule has 0 spiro atoms. The second kappa shape index (κ2) is 8.12. The Kier molecular flexibility index (Phi) is 7.99. The summed E-state index contributed by atoms with van der Waals surface area (Å²) in [5.74, 6) is 2.03. The molecule has 0 aromatic rings. The number of carbonyl (C=O) groups is 1. The van der Waals surface area contributed by atoms with Gasteiger partial charge in [0.25, 0.3) is 0 Å². The van der Waals surface area contributed by atoms with E-state index in [1.54, 1.807) is 0 Å². The summed E-state index contributed by atoms with van der Waals surface area (Å²) >= 11 is 1.83. The van der Waals surface area contributed by atoms with Crippen LogP contribution in [0, 0.1) is 0 Å². The normalized spacial score (nSPS) is 14.9. The van der Waals surface area contributed by atoms with Gasteiger partial charge in [-0.2, -0.15) is 11.8 Å². The third-order valence-electron chi connectivity index (χ3n) is 1.90. The van der Waals surface area contributed by atoms with Crippen molar-refractivity contribution >= 4 is 17.7 Å². The number of carbonyl (C=O) groups excluding carboxylic acids is 1. The number of rotatable bonds is 7. The predicted octanol–water partition coefficient (Wildman–Crippen LogP) is 1.37. The molecular weight excluding hydrogens is 196 g/mol. The van der Waals surface area contributed by atoms with Crippen LogP contribution >= 0.6 is 11.8 Å². The Hall–Kier alpha value is -0.220. The molecule has 0 saturated heterocycles. The summed E-state index contributed by atoms with van der Waals surface area (Å²) in [6, 6.07) is -0.121. The van der Waals surface area contributed by atoms with Crippen molar-refractivity contribution in [2.24, 2.45) is 5.73 Å². The van der Waals surface area contributed by atoms with E-state index in [1.807, 2.05) is 25.6 Å². The maximum absolute atomic E-state index is 11.5. The van der Waals surface area contributed by atoms with Crippen molar-refractivity contribution in [3.8, 4) is 0 Å². The molecule has 1 unspecified atom stereocenters. The molecule has 0 rings (SSSR count). The lowest BCUT2D eigenvalue weighted by molar-refractivity contribution is -0.122. The molecule has 0 aromatic carbocycles. The van der Waals surface area contributed by atoms with Crippen LogP contribution in [0.15, 0.2) is 0 Å². The number of nitrogens with one attached hydrogen (secondary N) is 1. The Morgan fingerprint density at radius 1 is 1.50 bits per heavy atom. The van der Waals surface area contributed by atoms with Crippen molar-refractivity contribution in [3.63, 3.8) is 0 Å². The minimum absolute atomic E-state index is 0.0175. The molecule has 0 aliphatic carbocycles. The lowest BCUT2D eigenvalue weighted by atomic mass is 10.1. The second-order valence-corrected chi connectivity index (χ2v) is 4.78. The van der Waals surface area contributed by atoms with E-state index in [9.17, 15) is 4.79 Å². The van der Waals surface area contributed by atoms with Gasteiger partial charge in [0.2, 0.25) is 5.91 Å². The molecule has 0 bridgehead atoms. The van der Waals surface area contributed by atoms with Crippen LogP contribution in [0.25, 0.3) is 0 Å². The molecule has 3 N–H and O–H groups in total. The lowest BCUT2D eigenvalue weighted by Gasteiger charge is -2.16. The van der Waals surface area contributed by atoms with Gasteiger partial charge in [-0.1, -0.05) is 20.3 Å². The van der Waals surface area contributed by atoms with Gasteiger partial charge in [0.05, 0.1) is 6.04 Å². The maximum Gasteiger partial charge on any atom is 0.237 e. The van der Waals surface area contributed by atoms with E-state index < -0.39 is 0 Å². The number of hydrogen-bond acceptors (Lipinski definition) is 3. The molecule has 0 saturated carbocycles. The number of hydrogen-bond donors (Lipinski definition) is 2. The monoisotopic (exact) mass is 218 g/mol. The van der Waals surface area contributed by atoms with Crippen LogP contribution in [-0.4, -0.2) is 29.5 Å². The first kappa shape index (κ1) is 13.8. The number of amides is 1. The first-order valence-corrected chi connectivity index (χ1v) is 6.40. The summed E-state index contributed by atoms with van der Waals surface area (Å²) in [5.41, 5.74) is 5.69. The standard InChI is InChI=1S/C10H22N2OS/c1-4-6-9(11)10(13)12-8(3)7-14-5-2/h8-9H,4-7,11H2,1-3H3,(H,12,13)/t8?,9-/m0/s1. The highest BCUT2D eigenvalue weighted by atomic mass is 32.2. The molecule has 2 atom stereocenters. The molecule has 0 fully saturated rings. The van der Waals surface area contributed by atoms with Crippen LogP contribution in [-0.2, 0) is 4.79 Å². The lowest BCUT2D eigenvalue weighted by Crippen LogP contribution is -2.45. The first-order chi connectivity index (χ1) is 6.61. The molecular formula is C10H22N2OS. The maximum atomic E-state index is 11.5. The van der Waals surface area contributed by atoms with Crippen LogP contribution in [0.4, 0.5) is 0 Å². The SMILES string of the molecule is CCC[C@H](N)C(=O)NC(C)CSCC. The summed E-state index contributed by atoms with van der Waals surface area (Å²) in [5, 5.41) is 2.91. The van der Waals surface area contributed by atoms with Gasteiger partial charge in [-0.15, -0.1) is 0 Å². The molecule has 1 amide bonds. The van der Waals surface area contributed by atoms with Crippen LogP contribution in [0.2, 0.25) is 0 Å². The fraction of sp³-hybridized carbons (Fsp3) is 0.900. The van der Waals surface area contributed by atoms with Crippen LogP contribution in [0.5, 0.6) is 0 Å². The van der Waals surface area contributed by atoms with Crippen molar-refractivity contribution in [3.05, 3.63) is 0 Å². The molecule has 84 valence electrons. The van der Waals surface area contributed by atoms with Gasteiger partial charge in [0, 0.05) is 11.8 Å². The fourth-order valence-electron chi connectivity index (χ4n) is 1.13. The van der Waals surface area contributed by atoms with Gasteiger partial charge in [-0.05, 0) is 19.1 Å². The first-order valence-electron chi connectivity index (χ1n) is 5.25. The van der Waals surface area contributed by atoms with Crippen molar-refractivity contribution in [1.29, 1.82) is 0 Å². The van der Waals surface area contributed by atoms with E-state index in [4.69, 9.17) is 5.73 Å². The zero-order valence-corrected chi connectivity index (χ0v) is 10.2. The molecule has 0 aliphatic heterocycles. The van der Waals surface area contributed by atoms with Crippen molar-refractivity contribution in [2.45, 2.75) is 45.7 Å². The molecule has 0 radical (unpaired) electrons. The highest BCUT2D eigenvalue weighted by Crippen LogP contribution is 2.02. The summed E-state index contributed by atoms with van der Waals surface area (Å²) in [6.45, 7) is 6.16. The Bertz CT molecular complexity index is 164. The second-order valence-electron chi connectivity index (χ2n) is 3.46. The van der Waals surface area contributed by atoms with Crippen LogP contribution in [0.1, 0.15) is 33.6 Å². The summed E-state index contributed by atoms with van der Waals surface area (Å²) < 4.78 is 0. The average Bonchev–Trinajstić information content (AvgIpc) is 2.15. The van der Waals surface area contributed by atoms with E-state index in [0.29, 0.717) is 0 Å². The Morgan fingerprint density at radius 3 is 2.64 bits per heavy atom. The number of thioether (sulfide) groups is 1.